The maximum Gasteiger partial charge on any atom is 0.301 e. The number of aryl methyl sites for hydroxylation is 1. The van der Waals surface area contributed by atoms with Gasteiger partial charge in [-0.25, -0.2) is 9.37 Å². The third kappa shape index (κ3) is 4.06. The lowest BCUT2D eigenvalue weighted by Crippen LogP contribution is -2.29. The van der Waals surface area contributed by atoms with Crippen LogP contribution < -0.4 is 9.64 Å². The molecule has 0 bridgehead atoms. The molecule has 6 nitrogen and oxygen atoms in total. The predicted molar refractivity (Wildman–Crippen MR) is 133 cm³/mol. The molecule has 1 aliphatic rings. The Morgan fingerprint density at radius 3 is 2.63 bits per heavy atom. The van der Waals surface area contributed by atoms with E-state index in [4.69, 9.17) is 4.74 Å². The van der Waals surface area contributed by atoms with E-state index >= 15 is 0 Å². The second-order valence-electron chi connectivity index (χ2n) is 8.15. The number of halogens is 1. The molecular weight excluding hydrogens is 467 g/mol. The number of carbonyl (C=O) groups is 2. The summed E-state index contributed by atoms with van der Waals surface area (Å²) in [6.07, 6.45) is 0. The van der Waals surface area contributed by atoms with Crippen LogP contribution >= 0.6 is 11.3 Å². The van der Waals surface area contributed by atoms with Crippen molar-refractivity contribution >= 4 is 44.1 Å². The number of benzene rings is 3. The first kappa shape index (κ1) is 22.7. The zero-order chi connectivity index (χ0) is 24.7. The Labute approximate surface area is 204 Å². The van der Waals surface area contributed by atoms with Gasteiger partial charge in [0.05, 0.1) is 28.4 Å². The number of anilines is 1. The fraction of sp³-hybridized carbons (Fsp3) is 0.148. The third-order valence-corrected chi connectivity index (χ3v) is 6.80. The number of ketones is 1. The molecule has 176 valence electrons. The number of aromatic nitrogens is 1. The summed E-state index contributed by atoms with van der Waals surface area (Å²) in [7, 11) is 0. The molecule has 5 rings (SSSR count). The van der Waals surface area contributed by atoms with Crippen molar-refractivity contribution in [1.82, 2.24) is 4.98 Å². The number of ether oxygens (including phenoxy) is 1. The summed E-state index contributed by atoms with van der Waals surface area (Å²) >= 11 is 1.28. The van der Waals surface area contributed by atoms with E-state index in [9.17, 15) is 19.1 Å². The minimum Gasteiger partial charge on any atom is -0.507 e. The van der Waals surface area contributed by atoms with Crippen molar-refractivity contribution in [2.24, 2.45) is 0 Å². The molecule has 1 unspecified atom stereocenters. The van der Waals surface area contributed by atoms with Crippen LogP contribution in [0.3, 0.4) is 0 Å². The number of nitrogens with zero attached hydrogens (tertiary/aromatic N) is 2. The zero-order valence-electron chi connectivity index (χ0n) is 19.0. The van der Waals surface area contributed by atoms with Gasteiger partial charge in [-0.2, -0.15) is 0 Å². The third-order valence-electron chi connectivity index (χ3n) is 5.79. The molecule has 1 fully saturated rings. The molecule has 0 saturated carbocycles. The minimum absolute atomic E-state index is 0.0920. The summed E-state index contributed by atoms with van der Waals surface area (Å²) in [5, 5.41) is 11.6. The number of Topliss-reactive ketones (excluding diaryl/α,β-unsaturated/α-hetero) is 1. The van der Waals surface area contributed by atoms with Gasteiger partial charge < -0.3 is 9.84 Å². The summed E-state index contributed by atoms with van der Waals surface area (Å²) in [6.45, 7) is 4.23. The summed E-state index contributed by atoms with van der Waals surface area (Å²) in [4.78, 5) is 32.5. The summed E-state index contributed by atoms with van der Waals surface area (Å²) in [5.74, 6) is -1.92. The number of thiazole rings is 1. The second-order valence-corrected chi connectivity index (χ2v) is 9.16. The highest BCUT2D eigenvalue weighted by Crippen LogP contribution is 2.44. The molecule has 1 amide bonds. The molecule has 4 aromatic rings. The average Bonchev–Trinajstić information content (AvgIpc) is 3.37. The largest absolute Gasteiger partial charge is 0.507 e. The highest BCUT2D eigenvalue weighted by molar-refractivity contribution is 7.22. The molecule has 1 aromatic heterocycles. The predicted octanol–water partition coefficient (Wildman–Crippen LogP) is 5.77. The quantitative estimate of drug-likeness (QED) is 0.219. The first-order valence-electron chi connectivity index (χ1n) is 11.0. The first-order chi connectivity index (χ1) is 16.9. The molecule has 0 radical (unpaired) electrons. The van der Waals surface area contributed by atoms with Crippen molar-refractivity contribution in [3.05, 3.63) is 94.8 Å². The highest BCUT2D eigenvalue weighted by atomic mass is 32.1. The van der Waals surface area contributed by atoms with Crippen LogP contribution in [0.25, 0.3) is 16.0 Å². The van der Waals surface area contributed by atoms with E-state index in [2.05, 4.69) is 4.98 Å². The van der Waals surface area contributed by atoms with Crippen molar-refractivity contribution in [2.75, 3.05) is 11.5 Å². The Bertz CT molecular complexity index is 1490. The summed E-state index contributed by atoms with van der Waals surface area (Å²) < 4.78 is 20.1. The minimum atomic E-state index is -0.979. The van der Waals surface area contributed by atoms with Gasteiger partial charge in [-0.05, 0) is 61.4 Å². The van der Waals surface area contributed by atoms with Crippen molar-refractivity contribution in [3.8, 4) is 5.75 Å². The molecule has 3 aromatic carbocycles. The lowest BCUT2D eigenvalue weighted by atomic mass is 9.95. The molecule has 0 spiro atoms. The number of aliphatic hydroxyl groups is 1. The van der Waals surface area contributed by atoms with Gasteiger partial charge in [0.15, 0.2) is 5.13 Å². The van der Waals surface area contributed by atoms with Crippen LogP contribution in [0.5, 0.6) is 5.75 Å². The van der Waals surface area contributed by atoms with Crippen molar-refractivity contribution in [3.63, 3.8) is 0 Å². The SMILES string of the molecule is CCOc1cccc(/C(O)=C2\C(=O)C(=O)N(c3nc4ccc(C)cc4s3)C2c2ccc(F)cc2)c1. The van der Waals surface area contributed by atoms with Crippen LogP contribution in [0.2, 0.25) is 0 Å². The van der Waals surface area contributed by atoms with Crippen molar-refractivity contribution < 1.29 is 23.8 Å². The number of hydrogen-bond donors (Lipinski definition) is 1. The lowest BCUT2D eigenvalue weighted by molar-refractivity contribution is -0.132. The molecule has 1 aliphatic heterocycles. The maximum atomic E-state index is 13.7. The van der Waals surface area contributed by atoms with Gasteiger partial charge in [0.2, 0.25) is 0 Å². The van der Waals surface area contributed by atoms with Crippen molar-refractivity contribution in [1.29, 1.82) is 0 Å². The smallest absolute Gasteiger partial charge is 0.301 e. The maximum absolute atomic E-state index is 13.7. The molecule has 8 heteroatoms. The normalized spacial score (nSPS) is 17.3. The van der Waals surface area contributed by atoms with E-state index in [0.717, 1.165) is 10.3 Å². The highest BCUT2D eigenvalue weighted by Gasteiger charge is 2.48. The van der Waals surface area contributed by atoms with E-state index < -0.39 is 23.5 Å². The van der Waals surface area contributed by atoms with E-state index in [-0.39, 0.29) is 11.3 Å². The molecule has 35 heavy (non-hydrogen) atoms. The fourth-order valence-corrected chi connectivity index (χ4v) is 5.26. The van der Waals surface area contributed by atoms with Gasteiger partial charge in [0.1, 0.15) is 17.3 Å². The van der Waals surface area contributed by atoms with Crippen LogP contribution in [-0.4, -0.2) is 28.4 Å². The van der Waals surface area contributed by atoms with E-state index in [1.54, 1.807) is 24.3 Å². The first-order valence-corrected chi connectivity index (χ1v) is 11.9. The van der Waals surface area contributed by atoms with Crippen LogP contribution in [0.4, 0.5) is 9.52 Å². The molecule has 2 heterocycles. The molecule has 1 N–H and O–H groups in total. The van der Waals surface area contributed by atoms with Gasteiger partial charge in [0, 0.05) is 5.56 Å². The van der Waals surface area contributed by atoms with Gasteiger partial charge in [-0.1, -0.05) is 41.7 Å². The summed E-state index contributed by atoms with van der Waals surface area (Å²) in [5.41, 5.74) is 2.45. The van der Waals surface area contributed by atoms with Crippen LogP contribution in [0, 0.1) is 12.7 Å². The number of carbonyl (C=O) groups excluding carboxylic acids is 2. The number of amides is 1. The Morgan fingerprint density at radius 1 is 1.11 bits per heavy atom. The summed E-state index contributed by atoms with van der Waals surface area (Å²) in [6, 6.07) is 16.9. The van der Waals surface area contributed by atoms with Gasteiger partial charge in [-0.3, -0.25) is 14.5 Å². The van der Waals surface area contributed by atoms with E-state index in [1.165, 1.54) is 40.5 Å². The molecular formula is C27H21FN2O4S. The fourth-order valence-electron chi connectivity index (χ4n) is 4.17. The van der Waals surface area contributed by atoms with Gasteiger partial charge in [0.25, 0.3) is 5.78 Å². The lowest BCUT2D eigenvalue weighted by Gasteiger charge is -2.23. The van der Waals surface area contributed by atoms with Crippen LogP contribution in [0.15, 0.2) is 72.3 Å². The molecule has 1 atom stereocenters. The Balaban J connectivity index is 1.71. The number of aliphatic hydroxyl groups excluding tert-OH is 1. The zero-order valence-corrected chi connectivity index (χ0v) is 19.8. The van der Waals surface area contributed by atoms with Crippen LogP contribution in [-0.2, 0) is 9.59 Å². The van der Waals surface area contributed by atoms with Gasteiger partial charge in [-0.15, -0.1) is 0 Å². The topological polar surface area (TPSA) is 79.7 Å². The van der Waals surface area contributed by atoms with Gasteiger partial charge >= 0.3 is 5.91 Å². The standard InChI is InChI=1S/C27H21FN2O4S/c1-3-34-19-6-4-5-17(14-19)24(31)22-23(16-8-10-18(28)11-9-16)30(26(33)25(22)32)27-29-20-12-7-15(2)13-21(20)35-27/h4-14,23,31H,3H2,1-2H3/b24-22+. The number of rotatable bonds is 5. The van der Waals surface area contributed by atoms with Crippen LogP contribution in [0.1, 0.15) is 29.7 Å². The van der Waals surface area contributed by atoms with E-state index in [0.29, 0.717) is 34.1 Å². The molecule has 0 aliphatic carbocycles. The number of fused-ring (bicyclic) bond motifs is 1. The van der Waals surface area contributed by atoms with Crippen molar-refractivity contribution in [2.45, 2.75) is 19.9 Å². The molecule has 1 saturated heterocycles. The average molecular weight is 489 g/mol. The Morgan fingerprint density at radius 2 is 1.89 bits per heavy atom. The van der Waals surface area contributed by atoms with E-state index in [1.807, 2.05) is 32.0 Å². The Hall–Kier alpha value is -4.04. The Kier molecular flexibility index (Phi) is 5.82. The monoisotopic (exact) mass is 488 g/mol. The second kappa shape index (κ2) is 8.96. The number of hydrogen-bond acceptors (Lipinski definition) is 6.